The minimum Gasteiger partial charge on any atom is -0.335 e. The van der Waals surface area contributed by atoms with E-state index in [1.807, 2.05) is 6.92 Å². The molecule has 1 aliphatic rings. The maximum atomic E-state index is 11.9. The van der Waals surface area contributed by atoms with E-state index in [1.165, 1.54) is 12.5 Å². The first-order chi connectivity index (χ1) is 12.0. The molecule has 138 valence electrons. The van der Waals surface area contributed by atoms with Gasteiger partial charge in [-0.1, -0.05) is 44.9 Å². The standard InChI is InChI=1S/C17H26N4O3S/c1-3-6-12-9-14(22)21-17(18-12)25-10-15(23)20-16(24)19-13-8-5-4-7-11(13)2/h9,11,13H,3-8,10H2,1-2H3,(H,18,21,22)(H2,19,20,23,24)/t11-,13+/m1/s1. The van der Waals surface area contributed by atoms with E-state index in [1.54, 1.807) is 0 Å². The number of aromatic amines is 1. The maximum absolute atomic E-state index is 11.9. The summed E-state index contributed by atoms with van der Waals surface area (Å²) in [5, 5.41) is 5.62. The third-order valence-corrected chi connectivity index (χ3v) is 5.17. The molecule has 1 heterocycles. The van der Waals surface area contributed by atoms with E-state index in [-0.39, 0.29) is 17.4 Å². The Morgan fingerprint density at radius 2 is 2.12 bits per heavy atom. The van der Waals surface area contributed by atoms with Gasteiger partial charge in [-0.15, -0.1) is 0 Å². The third kappa shape index (κ3) is 6.53. The molecule has 2 rings (SSSR count). The van der Waals surface area contributed by atoms with Gasteiger partial charge in [0, 0.05) is 17.8 Å². The summed E-state index contributed by atoms with van der Waals surface area (Å²) in [6.07, 6.45) is 5.95. The van der Waals surface area contributed by atoms with Gasteiger partial charge in [0.15, 0.2) is 5.16 Å². The molecule has 1 saturated carbocycles. The van der Waals surface area contributed by atoms with E-state index in [4.69, 9.17) is 0 Å². The fourth-order valence-corrected chi connectivity index (χ4v) is 3.66. The zero-order valence-corrected chi connectivity index (χ0v) is 15.6. The van der Waals surface area contributed by atoms with Crippen LogP contribution in [-0.4, -0.2) is 33.7 Å². The summed E-state index contributed by atoms with van der Waals surface area (Å²) >= 11 is 1.11. The van der Waals surface area contributed by atoms with Crippen LogP contribution in [0, 0.1) is 5.92 Å². The molecule has 1 aromatic rings. The summed E-state index contributed by atoms with van der Waals surface area (Å²) in [4.78, 5) is 42.4. The van der Waals surface area contributed by atoms with Gasteiger partial charge in [0.05, 0.1) is 5.75 Å². The first kappa shape index (κ1) is 19.5. The lowest BCUT2D eigenvalue weighted by atomic mass is 9.86. The normalized spacial score (nSPS) is 20.1. The molecule has 8 heteroatoms. The number of hydrogen-bond donors (Lipinski definition) is 3. The van der Waals surface area contributed by atoms with Crippen molar-refractivity contribution in [3.05, 3.63) is 22.1 Å². The summed E-state index contributed by atoms with van der Waals surface area (Å²) in [6.45, 7) is 4.13. The number of urea groups is 1. The van der Waals surface area contributed by atoms with Gasteiger partial charge >= 0.3 is 6.03 Å². The number of amides is 3. The Morgan fingerprint density at radius 1 is 1.36 bits per heavy atom. The molecule has 0 aromatic carbocycles. The number of carbonyl (C=O) groups is 2. The molecule has 25 heavy (non-hydrogen) atoms. The number of nitrogens with one attached hydrogen (secondary N) is 3. The number of aryl methyl sites for hydroxylation is 1. The van der Waals surface area contributed by atoms with E-state index in [9.17, 15) is 14.4 Å². The van der Waals surface area contributed by atoms with Gasteiger partial charge in [0.1, 0.15) is 0 Å². The Hall–Kier alpha value is -1.83. The fraction of sp³-hybridized carbons (Fsp3) is 0.647. The van der Waals surface area contributed by atoms with Gasteiger partial charge in [-0.3, -0.25) is 14.9 Å². The van der Waals surface area contributed by atoms with Gasteiger partial charge in [0.25, 0.3) is 5.56 Å². The minimum atomic E-state index is -0.453. The number of H-pyrrole nitrogens is 1. The van der Waals surface area contributed by atoms with Crippen molar-refractivity contribution in [2.45, 2.75) is 63.6 Å². The van der Waals surface area contributed by atoms with Crippen LogP contribution >= 0.6 is 11.8 Å². The molecule has 3 N–H and O–H groups in total. The minimum absolute atomic E-state index is 0.0200. The number of hydrogen-bond acceptors (Lipinski definition) is 5. The van der Waals surface area contributed by atoms with Crippen LogP contribution in [0.25, 0.3) is 0 Å². The molecule has 1 fully saturated rings. The van der Waals surface area contributed by atoms with Gasteiger partial charge in [-0.25, -0.2) is 9.78 Å². The quantitative estimate of drug-likeness (QED) is 0.529. The van der Waals surface area contributed by atoms with Crippen LogP contribution in [0.3, 0.4) is 0 Å². The molecular formula is C17H26N4O3S. The number of rotatable bonds is 6. The van der Waals surface area contributed by atoms with Crippen LogP contribution < -0.4 is 16.2 Å². The molecule has 0 aliphatic heterocycles. The summed E-state index contributed by atoms with van der Waals surface area (Å²) in [5.74, 6) is 0.0423. The van der Waals surface area contributed by atoms with E-state index < -0.39 is 11.9 Å². The van der Waals surface area contributed by atoms with Crippen LogP contribution in [0.2, 0.25) is 0 Å². The highest BCUT2D eigenvalue weighted by Crippen LogP contribution is 2.23. The van der Waals surface area contributed by atoms with Gasteiger partial charge in [-0.2, -0.15) is 0 Å². The number of aromatic nitrogens is 2. The molecule has 1 aromatic heterocycles. The largest absolute Gasteiger partial charge is 0.335 e. The third-order valence-electron chi connectivity index (χ3n) is 4.30. The van der Waals surface area contributed by atoms with Crippen LogP contribution in [0.4, 0.5) is 4.79 Å². The summed E-state index contributed by atoms with van der Waals surface area (Å²) in [7, 11) is 0. The lowest BCUT2D eigenvalue weighted by Crippen LogP contribution is -2.48. The molecular weight excluding hydrogens is 340 g/mol. The molecule has 0 radical (unpaired) electrons. The zero-order valence-electron chi connectivity index (χ0n) is 14.8. The van der Waals surface area contributed by atoms with Crippen molar-refractivity contribution in [1.82, 2.24) is 20.6 Å². The average Bonchev–Trinajstić information content (AvgIpc) is 2.55. The Morgan fingerprint density at radius 3 is 2.84 bits per heavy atom. The van der Waals surface area contributed by atoms with E-state index in [0.717, 1.165) is 37.4 Å². The average molecular weight is 366 g/mol. The highest BCUT2D eigenvalue weighted by atomic mass is 32.2. The zero-order chi connectivity index (χ0) is 18.2. The molecule has 2 atom stereocenters. The van der Waals surface area contributed by atoms with Crippen molar-refractivity contribution in [2.24, 2.45) is 5.92 Å². The smallest absolute Gasteiger partial charge is 0.321 e. The second-order valence-corrected chi connectivity index (χ2v) is 7.43. The van der Waals surface area contributed by atoms with E-state index in [0.29, 0.717) is 23.2 Å². The van der Waals surface area contributed by atoms with Crippen LogP contribution in [0.15, 0.2) is 16.0 Å². The predicted octanol–water partition coefficient (Wildman–Crippen LogP) is 2.22. The first-order valence-corrected chi connectivity index (χ1v) is 9.80. The highest BCUT2D eigenvalue weighted by molar-refractivity contribution is 7.99. The van der Waals surface area contributed by atoms with Crippen molar-refractivity contribution in [3.8, 4) is 0 Å². The molecule has 7 nitrogen and oxygen atoms in total. The van der Waals surface area contributed by atoms with Crippen LogP contribution in [0.5, 0.6) is 0 Å². The fourth-order valence-electron chi connectivity index (χ4n) is 2.97. The molecule has 0 saturated heterocycles. The second kappa shape index (κ2) is 9.60. The monoisotopic (exact) mass is 366 g/mol. The van der Waals surface area contributed by atoms with E-state index >= 15 is 0 Å². The van der Waals surface area contributed by atoms with Crippen molar-refractivity contribution in [1.29, 1.82) is 0 Å². The van der Waals surface area contributed by atoms with Crippen molar-refractivity contribution in [2.75, 3.05) is 5.75 Å². The Bertz CT molecular complexity index is 662. The highest BCUT2D eigenvalue weighted by Gasteiger charge is 2.23. The van der Waals surface area contributed by atoms with Crippen molar-refractivity contribution < 1.29 is 9.59 Å². The van der Waals surface area contributed by atoms with Crippen LogP contribution in [-0.2, 0) is 11.2 Å². The number of thioether (sulfide) groups is 1. The molecule has 1 aliphatic carbocycles. The molecule has 0 spiro atoms. The molecule has 0 unspecified atom stereocenters. The molecule has 3 amide bonds. The predicted molar refractivity (Wildman–Crippen MR) is 97.7 cm³/mol. The van der Waals surface area contributed by atoms with Gasteiger partial charge in [-0.05, 0) is 25.2 Å². The maximum Gasteiger partial charge on any atom is 0.321 e. The van der Waals surface area contributed by atoms with Crippen LogP contribution in [0.1, 0.15) is 51.6 Å². The molecule has 0 bridgehead atoms. The van der Waals surface area contributed by atoms with Gasteiger partial charge < -0.3 is 10.3 Å². The van der Waals surface area contributed by atoms with Gasteiger partial charge in [0.2, 0.25) is 5.91 Å². The summed E-state index contributed by atoms with van der Waals surface area (Å²) < 4.78 is 0. The lowest BCUT2D eigenvalue weighted by molar-refractivity contribution is -0.117. The van der Waals surface area contributed by atoms with Crippen molar-refractivity contribution in [3.63, 3.8) is 0 Å². The second-order valence-electron chi connectivity index (χ2n) is 6.47. The lowest BCUT2D eigenvalue weighted by Gasteiger charge is -2.29. The number of nitrogens with zero attached hydrogens (tertiary/aromatic N) is 1. The first-order valence-electron chi connectivity index (χ1n) is 8.81. The Balaban J connectivity index is 1.80. The topological polar surface area (TPSA) is 104 Å². The summed E-state index contributed by atoms with van der Waals surface area (Å²) in [6, 6.07) is 1.13. The number of carbonyl (C=O) groups excluding carboxylic acids is 2. The number of imide groups is 1. The van der Waals surface area contributed by atoms with Crippen molar-refractivity contribution >= 4 is 23.7 Å². The van der Waals surface area contributed by atoms with E-state index in [2.05, 4.69) is 27.5 Å². The Kier molecular flexibility index (Phi) is 7.49. The summed E-state index contributed by atoms with van der Waals surface area (Å²) in [5.41, 5.74) is 0.476. The Labute approximate surface area is 151 Å². The SMILES string of the molecule is CCCc1cc(=O)[nH]c(SCC(=O)NC(=O)N[C@H]2CCCC[C@H]2C)n1.